The van der Waals surface area contributed by atoms with Crippen molar-refractivity contribution in [3.8, 4) is 5.69 Å². The summed E-state index contributed by atoms with van der Waals surface area (Å²) in [6.45, 7) is 4.56. The first-order valence-corrected chi connectivity index (χ1v) is 8.83. The summed E-state index contributed by atoms with van der Waals surface area (Å²) in [5.74, 6) is -0.100. The molecular weight excluding hydrogens is 336 g/mol. The Bertz CT molecular complexity index is 714. The Balaban J connectivity index is 0.00000225. The highest BCUT2D eigenvalue weighted by Crippen LogP contribution is 2.28. The first-order valence-electron chi connectivity index (χ1n) is 8.83. The Morgan fingerprint density at radius 3 is 2.52 bits per heavy atom. The molecule has 25 heavy (non-hydrogen) atoms. The molecule has 0 spiro atoms. The van der Waals surface area contributed by atoms with Gasteiger partial charge in [0.2, 0.25) is 0 Å². The molecule has 0 fully saturated rings. The van der Waals surface area contributed by atoms with Gasteiger partial charge in [-0.2, -0.15) is 5.10 Å². The highest BCUT2D eigenvalue weighted by atomic mass is 35.5. The van der Waals surface area contributed by atoms with Gasteiger partial charge >= 0.3 is 0 Å². The van der Waals surface area contributed by atoms with Crippen molar-refractivity contribution in [2.45, 2.75) is 51.5 Å². The molecule has 1 aromatic carbocycles. The number of nitrogens with one attached hydrogen (secondary N) is 1. The fourth-order valence-electron chi connectivity index (χ4n) is 3.47. The van der Waals surface area contributed by atoms with Gasteiger partial charge in [0.05, 0.1) is 11.2 Å². The molecule has 3 N–H and O–H groups in total. The highest BCUT2D eigenvalue weighted by molar-refractivity contribution is 5.94. The Morgan fingerprint density at radius 1 is 1.24 bits per heavy atom. The number of para-hydroxylation sites is 1. The van der Waals surface area contributed by atoms with Crippen LogP contribution in [-0.2, 0) is 12.8 Å². The van der Waals surface area contributed by atoms with Crippen molar-refractivity contribution in [3.63, 3.8) is 0 Å². The van der Waals surface area contributed by atoms with Crippen molar-refractivity contribution in [2.75, 3.05) is 6.54 Å². The molecule has 0 unspecified atom stereocenters. The summed E-state index contributed by atoms with van der Waals surface area (Å²) in [7, 11) is 0. The fourth-order valence-corrected chi connectivity index (χ4v) is 3.47. The lowest BCUT2D eigenvalue weighted by molar-refractivity contribution is 0.0888. The van der Waals surface area contributed by atoms with Crippen molar-refractivity contribution in [1.29, 1.82) is 0 Å². The Hall–Kier alpha value is -1.85. The molecule has 0 saturated carbocycles. The van der Waals surface area contributed by atoms with Gasteiger partial charge in [0.25, 0.3) is 5.91 Å². The molecule has 2 aromatic rings. The minimum absolute atomic E-state index is 0. The van der Waals surface area contributed by atoms with Gasteiger partial charge in [-0.05, 0) is 44.2 Å². The smallest absolute Gasteiger partial charge is 0.272 e. The molecule has 0 radical (unpaired) electrons. The van der Waals surface area contributed by atoms with E-state index in [0.717, 1.165) is 49.0 Å². The van der Waals surface area contributed by atoms with E-state index in [4.69, 9.17) is 5.73 Å². The van der Waals surface area contributed by atoms with E-state index in [-0.39, 0.29) is 23.9 Å². The lowest BCUT2D eigenvalue weighted by Gasteiger charge is -2.31. The lowest BCUT2D eigenvalue weighted by Crippen LogP contribution is -2.53. The Kier molecular flexibility index (Phi) is 6.25. The molecule has 0 saturated heterocycles. The molecule has 1 aromatic heterocycles. The number of benzene rings is 1. The van der Waals surface area contributed by atoms with E-state index in [1.54, 1.807) is 0 Å². The van der Waals surface area contributed by atoms with Gasteiger partial charge in [-0.25, -0.2) is 4.68 Å². The second kappa shape index (κ2) is 8.02. The van der Waals surface area contributed by atoms with Crippen LogP contribution in [0.1, 0.15) is 54.9 Å². The molecule has 3 rings (SSSR count). The maximum atomic E-state index is 12.9. The molecular formula is C19H27ClN4O. The lowest BCUT2D eigenvalue weighted by atomic mass is 9.92. The zero-order chi connectivity index (χ0) is 17.2. The van der Waals surface area contributed by atoms with Crippen LogP contribution in [0, 0.1) is 0 Å². The molecule has 1 amide bonds. The number of fused-ring (bicyclic) bond motifs is 1. The average Bonchev–Trinajstić information content (AvgIpc) is 3.23. The minimum Gasteiger partial charge on any atom is -0.344 e. The first-order chi connectivity index (χ1) is 11.6. The maximum Gasteiger partial charge on any atom is 0.272 e. The third-order valence-corrected chi connectivity index (χ3v) is 5.27. The summed E-state index contributed by atoms with van der Waals surface area (Å²) in [5, 5.41) is 7.80. The van der Waals surface area contributed by atoms with Crippen LogP contribution in [0.25, 0.3) is 5.69 Å². The van der Waals surface area contributed by atoms with E-state index in [2.05, 4.69) is 24.3 Å². The van der Waals surface area contributed by atoms with Crippen LogP contribution in [0.15, 0.2) is 30.3 Å². The van der Waals surface area contributed by atoms with E-state index < -0.39 is 0 Å². The number of hydrogen-bond acceptors (Lipinski definition) is 3. The number of carbonyl (C=O) groups excluding carboxylic acids is 1. The second-order valence-electron chi connectivity index (χ2n) is 6.52. The zero-order valence-electron chi connectivity index (χ0n) is 14.9. The molecule has 1 aliphatic rings. The standard InChI is InChI=1S/C19H26N4O.ClH/c1-3-19(4-2,13-20)21-18(24)17-15-11-8-12-16(15)23(22-17)14-9-6-5-7-10-14;/h5-7,9-10H,3-4,8,11-13,20H2,1-2H3,(H,21,24);1H. The van der Waals surface area contributed by atoms with Crippen molar-refractivity contribution in [2.24, 2.45) is 5.73 Å². The molecule has 136 valence electrons. The van der Waals surface area contributed by atoms with E-state index in [1.165, 1.54) is 0 Å². The van der Waals surface area contributed by atoms with E-state index in [0.29, 0.717) is 12.2 Å². The maximum absolute atomic E-state index is 12.9. The second-order valence-corrected chi connectivity index (χ2v) is 6.52. The van der Waals surface area contributed by atoms with Crippen LogP contribution in [0.2, 0.25) is 0 Å². The van der Waals surface area contributed by atoms with Gasteiger partial charge in [0.1, 0.15) is 0 Å². The van der Waals surface area contributed by atoms with Gasteiger partial charge in [0.15, 0.2) is 5.69 Å². The van der Waals surface area contributed by atoms with E-state index >= 15 is 0 Å². The molecule has 5 nitrogen and oxygen atoms in total. The largest absolute Gasteiger partial charge is 0.344 e. The van der Waals surface area contributed by atoms with Gasteiger partial charge in [-0.15, -0.1) is 12.4 Å². The highest BCUT2D eigenvalue weighted by Gasteiger charge is 2.32. The van der Waals surface area contributed by atoms with Crippen LogP contribution < -0.4 is 11.1 Å². The molecule has 0 bridgehead atoms. The normalized spacial score (nSPS) is 13.2. The number of hydrogen-bond donors (Lipinski definition) is 2. The van der Waals surface area contributed by atoms with Crippen LogP contribution in [-0.4, -0.2) is 27.8 Å². The topological polar surface area (TPSA) is 72.9 Å². The number of aromatic nitrogens is 2. The number of rotatable bonds is 6. The van der Waals surface area contributed by atoms with Crippen molar-refractivity contribution in [3.05, 3.63) is 47.3 Å². The molecule has 1 aliphatic carbocycles. The third-order valence-electron chi connectivity index (χ3n) is 5.27. The minimum atomic E-state index is -0.348. The Morgan fingerprint density at radius 2 is 1.92 bits per heavy atom. The number of amides is 1. The average molecular weight is 363 g/mol. The van der Waals surface area contributed by atoms with Crippen LogP contribution in [0.4, 0.5) is 0 Å². The van der Waals surface area contributed by atoms with Gasteiger partial charge in [0, 0.05) is 17.8 Å². The predicted molar refractivity (Wildman–Crippen MR) is 103 cm³/mol. The summed E-state index contributed by atoms with van der Waals surface area (Å²) in [5.41, 5.74) is 9.40. The first kappa shape index (κ1) is 19.5. The summed E-state index contributed by atoms with van der Waals surface area (Å²) in [4.78, 5) is 12.9. The monoisotopic (exact) mass is 362 g/mol. The third kappa shape index (κ3) is 3.58. The SMILES string of the molecule is CCC(CC)(CN)NC(=O)c1nn(-c2ccccc2)c2c1CCC2.Cl. The summed E-state index contributed by atoms with van der Waals surface area (Å²) in [6, 6.07) is 10.0. The van der Waals surface area contributed by atoms with Crippen molar-refractivity contribution in [1.82, 2.24) is 15.1 Å². The van der Waals surface area contributed by atoms with Crippen LogP contribution in [0.3, 0.4) is 0 Å². The van der Waals surface area contributed by atoms with Gasteiger partial charge in [-0.3, -0.25) is 4.79 Å². The number of halogens is 1. The molecule has 6 heteroatoms. The summed E-state index contributed by atoms with van der Waals surface area (Å²) >= 11 is 0. The quantitative estimate of drug-likeness (QED) is 0.829. The number of carbonyl (C=O) groups is 1. The molecule has 0 atom stereocenters. The zero-order valence-corrected chi connectivity index (χ0v) is 15.7. The van der Waals surface area contributed by atoms with Gasteiger partial charge < -0.3 is 11.1 Å². The Labute approximate surface area is 155 Å². The number of nitrogens with two attached hydrogens (primary N) is 1. The van der Waals surface area contributed by atoms with Gasteiger partial charge in [-0.1, -0.05) is 32.0 Å². The van der Waals surface area contributed by atoms with E-state index in [1.807, 2.05) is 35.0 Å². The molecule has 1 heterocycles. The van der Waals surface area contributed by atoms with E-state index in [9.17, 15) is 4.79 Å². The van der Waals surface area contributed by atoms with Crippen molar-refractivity contribution < 1.29 is 4.79 Å². The summed E-state index contributed by atoms with van der Waals surface area (Å²) < 4.78 is 1.93. The number of nitrogens with zero attached hydrogens (tertiary/aromatic N) is 2. The van der Waals surface area contributed by atoms with Crippen molar-refractivity contribution >= 4 is 18.3 Å². The molecule has 0 aliphatic heterocycles. The fraction of sp³-hybridized carbons (Fsp3) is 0.474. The van der Waals surface area contributed by atoms with Crippen LogP contribution >= 0.6 is 12.4 Å². The summed E-state index contributed by atoms with van der Waals surface area (Å²) in [6.07, 6.45) is 4.58. The predicted octanol–water partition coefficient (Wildman–Crippen LogP) is 3.03. The van der Waals surface area contributed by atoms with Crippen LogP contribution in [0.5, 0.6) is 0 Å².